The van der Waals surface area contributed by atoms with E-state index in [4.69, 9.17) is 21.6 Å². The van der Waals surface area contributed by atoms with Crippen LogP contribution in [0.15, 0.2) is 53.4 Å². The van der Waals surface area contributed by atoms with Gasteiger partial charge in [-0.3, -0.25) is 9.69 Å². The highest BCUT2D eigenvalue weighted by atomic mass is 35.5. The van der Waals surface area contributed by atoms with Crippen molar-refractivity contribution in [2.45, 2.75) is 10.9 Å². The van der Waals surface area contributed by atoms with Gasteiger partial charge in [-0.05, 0) is 23.8 Å². The van der Waals surface area contributed by atoms with Crippen LogP contribution in [0, 0.1) is 11.3 Å². The summed E-state index contributed by atoms with van der Waals surface area (Å²) in [6, 6.07) is 17.2. The van der Waals surface area contributed by atoms with E-state index in [9.17, 15) is 4.79 Å². The number of halogens is 1. The first-order chi connectivity index (χ1) is 13.7. The van der Waals surface area contributed by atoms with Gasteiger partial charge < -0.3 is 10.1 Å². The maximum Gasteiger partial charge on any atom is 0.252 e. The van der Waals surface area contributed by atoms with Crippen LogP contribution in [-0.2, 0) is 4.74 Å². The first-order valence-electron chi connectivity index (χ1n) is 9.14. The fourth-order valence-electron chi connectivity index (χ4n) is 3.24. The third-order valence-electron chi connectivity index (χ3n) is 4.63. The summed E-state index contributed by atoms with van der Waals surface area (Å²) in [5.74, 6) is 0.159. The van der Waals surface area contributed by atoms with Crippen LogP contribution in [0.5, 0.6) is 0 Å². The van der Waals surface area contributed by atoms with Crippen molar-refractivity contribution in [2.24, 2.45) is 0 Å². The number of amides is 1. The average Bonchev–Trinajstić information content (AvgIpc) is 2.74. The number of carbonyl (C=O) groups excluding carboxylic acids is 1. The number of benzene rings is 2. The van der Waals surface area contributed by atoms with E-state index >= 15 is 0 Å². The number of hydrogen-bond acceptors (Lipinski definition) is 5. The van der Waals surface area contributed by atoms with Crippen molar-refractivity contribution in [3.05, 3.63) is 64.7 Å². The predicted molar refractivity (Wildman–Crippen MR) is 112 cm³/mol. The lowest BCUT2D eigenvalue weighted by atomic mass is 10.0. The number of rotatable bonds is 7. The molecule has 1 saturated heterocycles. The quantitative estimate of drug-likeness (QED) is 0.697. The Labute approximate surface area is 174 Å². The molecule has 0 spiro atoms. The van der Waals surface area contributed by atoms with Crippen molar-refractivity contribution >= 4 is 29.3 Å². The average molecular weight is 416 g/mol. The summed E-state index contributed by atoms with van der Waals surface area (Å²) in [4.78, 5) is 15.9. The number of nitrogens with zero attached hydrogens (tertiary/aromatic N) is 2. The second-order valence-electron chi connectivity index (χ2n) is 6.34. The van der Waals surface area contributed by atoms with Crippen LogP contribution in [-0.4, -0.2) is 49.4 Å². The van der Waals surface area contributed by atoms with E-state index in [0.717, 1.165) is 23.5 Å². The fourth-order valence-corrected chi connectivity index (χ4v) is 4.22. The van der Waals surface area contributed by atoms with E-state index in [0.29, 0.717) is 36.1 Å². The predicted octanol–water partition coefficient (Wildman–Crippen LogP) is 3.76. The summed E-state index contributed by atoms with van der Waals surface area (Å²) in [6.45, 7) is 3.37. The van der Waals surface area contributed by atoms with Gasteiger partial charge in [0.1, 0.15) is 0 Å². The normalized spacial score (nSPS) is 15.6. The van der Waals surface area contributed by atoms with Gasteiger partial charge in [-0.1, -0.05) is 41.9 Å². The zero-order chi connectivity index (χ0) is 19.8. The van der Waals surface area contributed by atoms with Crippen LogP contribution in [0.2, 0.25) is 5.02 Å². The number of nitrogens with one attached hydrogen (secondary N) is 1. The largest absolute Gasteiger partial charge is 0.379 e. The van der Waals surface area contributed by atoms with Crippen LogP contribution < -0.4 is 5.32 Å². The molecule has 146 valence electrons. The molecule has 1 fully saturated rings. The molecule has 1 aliphatic rings. The SMILES string of the molecule is N#CCSc1ccccc1C(=O)NCC(c1ccccc1Cl)N1CCOCC1. The summed E-state index contributed by atoms with van der Waals surface area (Å²) < 4.78 is 5.47. The first kappa shape index (κ1) is 20.7. The summed E-state index contributed by atoms with van der Waals surface area (Å²) in [7, 11) is 0. The topological polar surface area (TPSA) is 65.4 Å². The van der Waals surface area contributed by atoms with Crippen molar-refractivity contribution in [3.8, 4) is 6.07 Å². The molecule has 1 heterocycles. The summed E-state index contributed by atoms with van der Waals surface area (Å²) in [5.41, 5.74) is 1.58. The van der Waals surface area contributed by atoms with E-state index in [2.05, 4.69) is 16.3 Å². The van der Waals surface area contributed by atoms with E-state index in [1.54, 1.807) is 6.07 Å². The van der Waals surface area contributed by atoms with Crippen LogP contribution >= 0.6 is 23.4 Å². The van der Waals surface area contributed by atoms with Gasteiger partial charge in [0.2, 0.25) is 0 Å². The molecule has 0 radical (unpaired) electrons. The van der Waals surface area contributed by atoms with Crippen molar-refractivity contribution in [1.82, 2.24) is 10.2 Å². The van der Waals surface area contributed by atoms with Gasteiger partial charge in [0.15, 0.2) is 0 Å². The van der Waals surface area contributed by atoms with Gasteiger partial charge in [-0.15, -0.1) is 11.8 Å². The molecule has 7 heteroatoms. The molecule has 2 aromatic carbocycles. The Bertz CT molecular complexity index is 850. The Morgan fingerprint density at radius 2 is 1.93 bits per heavy atom. The number of morpholine rings is 1. The van der Waals surface area contributed by atoms with Gasteiger partial charge in [0.05, 0.1) is 36.6 Å². The molecule has 2 aromatic rings. The van der Waals surface area contributed by atoms with Crippen LogP contribution in [0.4, 0.5) is 0 Å². The zero-order valence-corrected chi connectivity index (χ0v) is 17.0. The minimum atomic E-state index is -0.147. The molecule has 0 bridgehead atoms. The molecule has 0 saturated carbocycles. The minimum Gasteiger partial charge on any atom is -0.379 e. The maximum absolute atomic E-state index is 12.8. The molecule has 0 aromatic heterocycles. The Hall–Kier alpha value is -2.04. The van der Waals surface area contributed by atoms with E-state index < -0.39 is 0 Å². The summed E-state index contributed by atoms with van der Waals surface area (Å²) in [6.07, 6.45) is 0. The molecular weight excluding hydrogens is 394 g/mol. The molecular formula is C21H22ClN3O2S. The third-order valence-corrected chi connectivity index (χ3v) is 5.92. The van der Waals surface area contributed by atoms with E-state index in [1.807, 2.05) is 42.5 Å². The Balaban J connectivity index is 1.76. The molecule has 3 rings (SSSR count). The molecule has 28 heavy (non-hydrogen) atoms. The number of nitriles is 1. The van der Waals surface area contributed by atoms with Crippen molar-refractivity contribution in [1.29, 1.82) is 5.26 Å². The Kier molecular flexibility index (Phi) is 7.75. The minimum absolute atomic E-state index is 0.0273. The smallest absolute Gasteiger partial charge is 0.252 e. The highest BCUT2D eigenvalue weighted by molar-refractivity contribution is 7.99. The zero-order valence-electron chi connectivity index (χ0n) is 15.4. The molecule has 1 amide bonds. The molecule has 1 N–H and O–H groups in total. The second kappa shape index (κ2) is 10.5. The van der Waals surface area contributed by atoms with Gasteiger partial charge in [0, 0.05) is 29.6 Å². The molecule has 1 atom stereocenters. The molecule has 0 aliphatic carbocycles. The maximum atomic E-state index is 12.8. The number of thioether (sulfide) groups is 1. The van der Waals surface area contributed by atoms with Crippen LogP contribution in [0.1, 0.15) is 22.0 Å². The number of carbonyl (C=O) groups is 1. The van der Waals surface area contributed by atoms with Gasteiger partial charge >= 0.3 is 0 Å². The van der Waals surface area contributed by atoms with Gasteiger partial charge in [-0.25, -0.2) is 0 Å². The van der Waals surface area contributed by atoms with Crippen molar-refractivity contribution in [2.75, 3.05) is 38.6 Å². The summed E-state index contributed by atoms with van der Waals surface area (Å²) >= 11 is 7.81. The number of ether oxygens (including phenoxy) is 1. The van der Waals surface area contributed by atoms with E-state index in [1.165, 1.54) is 11.8 Å². The van der Waals surface area contributed by atoms with Crippen molar-refractivity contribution in [3.63, 3.8) is 0 Å². The highest BCUT2D eigenvalue weighted by Gasteiger charge is 2.25. The van der Waals surface area contributed by atoms with Crippen LogP contribution in [0.3, 0.4) is 0 Å². The Morgan fingerprint density at radius 3 is 2.68 bits per heavy atom. The Morgan fingerprint density at radius 1 is 1.21 bits per heavy atom. The summed E-state index contributed by atoms with van der Waals surface area (Å²) in [5, 5.41) is 12.6. The molecule has 1 aliphatic heterocycles. The van der Waals surface area contributed by atoms with E-state index in [-0.39, 0.29) is 11.9 Å². The highest BCUT2D eigenvalue weighted by Crippen LogP contribution is 2.28. The fraction of sp³-hybridized carbons (Fsp3) is 0.333. The first-order valence-corrected chi connectivity index (χ1v) is 10.5. The molecule has 5 nitrogen and oxygen atoms in total. The lowest BCUT2D eigenvalue weighted by molar-refractivity contribution is 0.0162. The van der Waals surface area contributed by atoms with Gasteiger partial charge in [-0.2, -0.15) is 5.26 Å². The number of hydrogen-bond donors (Lipinski definition) is 1. The van der Waals surface area contributed by atoms with Gasteiger partial charge in [0.25, 0.3) is 5.91 Å². The second-order valence-corrected chi connectivity index (χ2v) is 7.76. The van der Waals surface area contributed by atoms with Crippen molar-refractivity contribution < 1.29 is 9.53 Å². The molecule has 1 unspecified atom stereocenters. The lowest BCUT2D eigenvalue weighted by Crippen LogP contribution is -2.44. The monoisotopic (exact) mass is 415 g/mol. The lowest BCUT2D eigenvalue weighted by Gasteiger charge is -2.35. The standard InChI is InChI=1S/C21H22ClN3O2S/c22-18-7-3-1-5-16(18)19(25-10-12-27-13-11-25)15-24-21(26)17-6-2-4-8-20(17)28-14-9-23/h1-8,19H,10-15H2,(H,24,26). The third kappa shape index (κ3) is 5.27. The van der Waals surface area contributed by atoms with Crippen LogP contribution in [0.25, 0.3) is 0 Å².